The summed E-state index contributed by atoms with van der Waals surface area (Å²) in [7, 11) is 0. The molecule has 0 aliphatic carbocycles. The third-order valence-corrected chi connectivity index (χ3v) is 4.46. The summed E-state index contributed by atoms with van der Waals surface area (Å²) in [5.41, 5.74) is 0.608. The number of ether oxygens (including phenoxy) is 1. The van der Waals surface area contributed by atoms with E-state index in [1.165, 1.54) is 6.07 Å². The van der Waals surface area contributed by atoms with E-state index in [9.17, 15) is 8.78 Å². The van der Waals surface area contributed by atoms with E-state index in [1.807, 2.05) is 13.8 Å². The van der Waals surface area contributed by atoms with Crippen LogP contribution in [0.15, 0.2) is 18.2 Å². The van der Waals surface area contributed by atoms with Crippen molar-refractivity contribution in [3.8, 4) is 0 Å². The molecule has 0 N–H and O–H groups in total. The molecule has 1 aromatic rings. The van der Waals surface area contributed by atoms with Crippen LogP contribution in [0.4, 0.5) is 8.78 Å². The second kappa shape index (κ2) is 5.14. The fourth-order valence-electron chi connectivity index (χ4n) is 2.70. The van der Waals surface area contributed by atoms with E-state index >= 15 is 0 Å². The summed E-state index contributed by atoms with van der Waals surface area (Å²) >= 11 is 6.42. The van der Waals surface area contributed by atoms with Gasteiger partial charge in [0.25, 0.3) is 0 Å². The molecule has 0 spiro atoms. The highest BCUT2D eigenvalue weighted by molar-refractivity contribution is 6.21. The molecule has 0 amide bonds. The molecule has 4 heteroatoms. The van der Waals surface area contributed by atoms with Crippen molar-refractivity contribution in [2.75, 3.05) is 0 Å². The summed E-state index contributed by atoms with van der Waals surface area (Å²) in [6.45, 7) is 6.06. The lowest BCUT2D eigenvalue weighted by molar-refractivity contribution is 0.0508. The Hall–Kier alpha value is -0.670. The Balaban J connectivity index is 2.25. The predicted molar refractivity (Wildman–Crippen MR) is 67.6 cm³/mol. The first-order valence-electron chi connectivity index (χ1n) is 6.16. The van der Waals surface area contributed by atoms with E-state index in [-0.39, 0.29) is 29.4 Å². The van der Waals surface area contributed by atoms with Crippen LogP contribution in [0.5, 0.6) is 0 Å². The van der Waals surface area contributed by atoms with Crippen molar-refractivity contribution in [2.45, 2.75) is 38.4 Å². The van der Waals surface area contributed by atoms with Gasteiger partial charge >= 0.3 is 0 Å². The first-order chi connectivity index (χ1) is 8.41. The second-order valence-corrected chi connectivity index (χ2v) is 5.53. The van der Waals surface area contributed by atoms with Crippen molar-refractivity contribution in [3.05, 3.63) is 35.4 Å². The molecule has 1 saturated heterocycles. The van der Waals surface area contributed by atoms with Crippen LogP contribution in [0.2, 0.25) is 0 Å². The summed E-state index contributed by atoms with van der Waals surface area (Å²) < 4.78 is 31.9. The summed E-state index contributed by atoms with van der Waals surface area (Å²) in [6.07, 6.45) is 0.155. The first-order valence-corrected chi connectivity index (χ1v) is 6.60. The molecule has 18 heavy (non-hydrogen) atoms. The summed E-state index contributed by atoms with van der Waals surface area (Å²) in [5.74, 6) is -1.31. The normalized spacial score (nSPS) is 33.7. The monoisotopic (exact) mass is 274 g/mol. The van der Waals surface area contributed by atoms with Gasteiger partial charge in [-0.25, -0.2) is 8.78 Å². The molecule has 2 rings (SSSR count). The molecule has 1 nitrogen and oxygen atoms in total. The van der Waals surface area contributed by atoms with Gasteiger partial charge in [-0.1, -0.05) is 13.0 Å². The molecule has 1 aromatic carbocycles. The van der Waals surface area contributed by atoms with Crippen LogP contribution in [0.3, 0.4) is 0 Å². The number of alkyl halides is 1. The van der Waals surface area contributed by atoms with Gasteiger partial charge in [-0.2, -0.15) is 0 Å². The first kappa shape index (κ1) is 13.8. The number of hydrogen-bond acceptors (Lipinski definition) is 1. The molecule has 1 fully saturated rings. The van der Waals surface area contributed by atoms with Crippen LogP contribution < -0.4 is 0 Å². The van der Waals surface area contributed by atoms with E-state index < -0.39 is 11.6 Å². The van der Waals surface area contributed by atoms with Crippen molar-refractivity contribution < 1.29 is 13.5 Å². The summed E-state index contributed by atoms with van der Waals surface area (Å²) in [6, 6.07) is 3.84. The topological polar surface area (TPSA) is 9.23 Å². The quantitative estimate of drug-likeness (QED) is 0.731. The lowest BCUT2D eigenvalue weighted by atomic mass is 9.84. The number of benzene rings is 1. The highest BCUT2D eigenvalue weighted by Crippen LogP contribution is 2.44. The van der Waals surface area contributed by atoms with Crippen LogP contribution in [0.25, 0.3) is 0 Å². The molecule has 100 valence electrons. The highest BCUT2D eigenvalue weighted by Gasteiger charge is 2.41. The Bertz CT molecular complexity index is 438. The molecule has 0 bridgehead atoms. The second-order valence-electron chi connectivity index (χ2n) is 5.06. The SMILES string of the molecule is CC1OC(C)C(C(Cl)c2ccc(F)c(F)c2)C1C. The van der Waals surface area contributed by atoms with Crippen LogP contribution in [0.1, 0.15) is 31.7 Å². The fraction of sp³-hybridized carbons (Fsp3) is 0.571. The molecule has 1 heterocycles. The van der Waals surface area contributed by atoms with Crippen LogP contribution in [-0.2, 0) is 4.74 Å². The van der Waals surface area contributed by atoms with Gasteiger partial charge < -0.3 is 4.74 Å². The van der Waals surface area contributed by atoms with Crippen molar-refractivity contribution in [3.63, 3.8) is 0 Å². The number of halogens is 3. The van der Waals surface area contributed by atoms with E-state index in [4.69, 9.17) is 16.3 Å². The summed E-state index contributed by atoms with van der Waals surface area (Å²) in [4.78, 5) is 0. The van der Waals surface area contributed by atoms with Crippen LogP contribution in [-0.4, -0.2) is 12.2 Å². The zero-order valence-corrected chi connectivity index (χ0v) is 11.4. The predicted octanol–water partition coefficient (Wildman–Crippen LogP) is 4.30. The lowest BCUT2D eigenvalue weighted by Gasteiger charge is -2.24. The fourth-order valence-corrected chi connectivity index (χ4v) is 3.27. The van der Waals surface area contributed by atoms with Crippen molar-refractivity contribution in [2.24, 2.45) is 11.8 Å². The minimum Gasteiger partial charge on any atom is -0.375 e. The van der Waals surface area contributed by atoms with E-state index in [0.29, 0.717) is 5.56 Å². The number of hydrogen-bond donors (Lipinski definition) is 0. The maximum atomic E-state index is 13.2. The molecular weight excluding hydrogens is 258 g/mol. The minimum atomic E-state index is -0.856. The Morgan fingerprint density at radius 2 is 1.78 bits per heavy atom. The summed E-state index contributed by atoms with van der Waals surface area (Å²) in [5, 5.41) is -0.366. The Morgan fingerprint density at radius 1 is 1.11 bits per heavy atom. The minimum absolute atomic E-state index is 0.0191. The van der Waals surface area contributed by atoms with E-state index in [2.05, 4.69) is 6.92 Å². The largest absolute Gasteiger partial charge is 0.375 e. The molecule has 0 aromatic heterocycles. The van der Waals surface area contributed by atoms with Gasteiger partial charge in [0, 0.05) is 5.92 Å². The molecule has 5 unspecified atom stereocenters. The third kappa shape index (κ3) is 2.39. The van der Waals surface area contributed by atoms with Gasteiger partial charge in [0.05, 0.1) is 17.6 Å². The average Bonchev–Trinajstić information content (AvgIpc) is 2.56. The molecule has 1 aliphatic rings. The van der Waals surface area contributed by atoms with Gasteiger partial charge in [-0.15, -0.1) is 11.6 Å². The van der Waals surface area contributed by atoms with E-state index in [1.54, 1.807) is 6.07 Å². The lowest BCUT2D eigenvalue weighted by Crippen LogP contribution is -2.22. The maximum absolute atomic E-state index is 13.2. The molecule has 1 aliphatic heterocycles. The standard InChI is InChI=1S/C14H17ClF2O/c1-7-8(2)18-9(3)13(7)14(15)10-4-5-11(16)12(17)6-10/h4-9,13-14H,1-3H3. The van der Waals surface area contributed by atoms with Gasteiger partial charge in [-0.05, 0) is 37.5 Å². The Morgan fingerprint density at radius 3 is 2.28 bits per heavy atom. The van der Waals surface area contributed by atoms with Gasteiger partial charge in [0.15, 0.2) is 11.6 Å². The van der Waals surface area contributed by atoms with Gasteiger partial charge in [-0.3, -0.25) is 0 Å². The van der Waals surface area contributed by atoms with Crippen molar-refractivity contribution in [1.82, 2.24) is 0 Å². The molecular formula is C14H17ClF2O. The van der Waals surface area contributed by atoms with Crippen LogP contribution >= 0.6 is 11.6 Å². The number of rotatable bonds is 2. The maximum Gasteiger partial charge on any atom is 0.159 e. The van der Waals surface area contributed by atoms with Gasteiger partial charge in [0.1, 0.15) is 0 Å². The Labute approximate surface area is 111 Å². The zero-order valence-electron chi connectivity index (χ0n) is 10.7. The molecule has 5 atom stereocenters. The smallest absolute Gasteiger partial charge is 0.159 e. The van der Waals surface area contributed by atoms with Gasteiger partial charge in [0.2, 0.25) is 0 Å². The molecule has 0 saturated carbocycles. The van der Waals surface area contributed by atoms with Crippen molar-refractivity contribution >= 4 is 11.6 Å². The van der Waals surface area contributed by atoms with Crippen molar-refractivity contribution in [1.29, 1.82) is 0 Å². The van der Waals surface area contributed by atoms with Crippen LogP contribution in [0, 0.1) is 23.5 Å². The third-order valence-electron chi connectivity index (χ3n) is 3.92. The highest BCUT2D eigenvalue weighted by atomic mass is 35.5. The van der Waals surface area contributed by atoms with E-state index in [0.717, 1.165) is 6.07 Å². The average molecular weight is 275 g/mol. The Kier molecular flexibility index (Phi) is 3.93. The molecule has 0 radical (unpaired) electrons. The zero-order chi connectivity index (χ0) is 13.4.